The van der Waals surface area contributed by atoms with Crippen LogP contribution in [0.5, 0.6) is 11.5 Å². The van der Waals surface area contributed by atoms with Gasteiger partial charge in [-0.2, -0.15) is 10.2 Å². The number of benzene rings is 2. The molecular weight excluding hydrogens is 242 g/mol. The van der Waals surface area contributed by atoms with E-state index < -0.39 is 0 Å². The number of nitrogen functional groups attached to an aromatic ring is 1. The van der Waals surface area contributed by atoms with Crippen LogP contribution in [0.2, 0.25) is 0 Å². The van der Waals surface area contributed by atoms with E-state index in [1.807, 2.05) is 6.92 Å². The van der Waals surface area contributed by atoms with E-state index in [9.17, 15) is 5.11 Å². The number of phenols is 1. The maximum absolute atomic E-state index is 9.18. The molecule has 0 spiro atoms. The molecule has 0 aliphatic carbocycles. The summed E-state index contributed by atoms with van der Waals surface area (Å²) in [6, 6.07) is 10.0. The highest BCUT2D eigenvalue weighted by Crippen LogP contribution is 2.31. The van der Waals surface area contributed by atoms with E-state index >= 15 is 0 Å². The molecule has 19 heavy (non-hydrogen) atoms. The first-order chi connectivity index (χ1) is 9.10. The highest BCUT2D eigenvalue weighted by Gasteiger charge is 2.04. The average molecular weight is 257 g/mol. The van der Waals surface area contributed by atoms with Crippen molar-refractivity contribution in [2.24, 2.45) is 10.2 Å². The van der Waals surface area contributed by atoms with Gasteiger partial charge in [0.15, 0.2) is 0 Å². The van der Waals surface area contributed by atoms with Crippen LogP contribution in [0.3, 0.4) is 0 Å². The number of anilines is 1. The van der Waals surface area contributed by atoms with Crippen LogP contribution in [0.4, 0.5) is 17.1 Å². The smallest absolute Gasteiger partial charge is 0.143 e. The SMILES string of the molecule is COc1cc(/N=N/c2ccc(O)cc2)c(C)cc1N. The third kappa shape index (κ3) is 3.01. The first kappa shape index (κ1) is 12.9. The first-order valence-electron chi connectivity index (χ1n) is 5.75. The Kier molecular flexibility index (Phi) is 3.66. The van der Waals surface area contributed by atoms with Crippen LogP contribution >= 0.6 is 0 Å². The number of ether oxygens (including phenoxy) is 1. The lowest BCUT2D eigenvalue weighted by Crippen LogP contribution is -1.92. The van der Waals surface area contributed by atoms with Gasteiger partial charge in [-0.05, 0) is 42.8 Å². The van der Waals surface area contributed by atoms with Gasteiger partial charge in [-0.3, -0.25) is 0 Å². The van der Waals surface area contributed by atoms with Crippen molar-refractivity contribution < 1.29 is 9.84 Å². The minimum atomic E-state index is 0.198. The zero-order chi connectivity index (χ0) is 13.8. The summed E-state index contributed by atoms with van der Waals surface area (Å²) in [5, 5.41) is 17.4. The molecule has 3 N–H and O–H groups in total. The highest BCUT2D eigenvalue weighted by molar-refractivity contribution is 5.63. The Hall–Kier alpha value is -2.56. The Morgan fingerprint density at radius 2 is 1.79 bits per heavy atom. The number of methoxy groups -OCH3 is 1. The topological polar surface area (TPSA) is 80.2 Å². The summed E-state index contributed by atoms with van der Waals surface area (Å²) in [5.74, 6) is 0.773. The Bertz CT molecular complexity index is 607. The van der Waals surface area contributed by atoms with Crippen molar-refractivity contribution in [1.82, 2.24) is 0 Å². The molecule has 0 fully saturated rings. The molecule has 5 heteroatoms. The molecule has 2 rings (SSSR count). The van der Waals surface area contributed by atoms with Crippen molar-refractivity contribution in [1.29, 1.82) is 0 Å². The highest BCUT2D eigenvalue weighted by atomic mass is 16.5. The van der Waals surface area contributed by atoms with Crippen molar-refractivity contribution in [3.63, 3.8) is 0 Å². The minimum absolute atomic E-state index is 0.198. The second-order valence-corrected chi connectivity index (χ2v) is 4.10. The predicted molar refractivity (Wildman–Crippen MR) is 74.4 cm³/mol. The fourth-order valence-corrected chi connectivity index (χ4v) is 1.62. The molecule has 0 amide bonds. The van der Waals surface area contributed by atoms with Crippen LogP contribution in [0, 0.1) is 6.92 Å². The van der Waals surface area contributed by atoms with Gasteiger partial charge in [0.2, 0.25) is 0 Å². The number of hydrogen-bond acceptors (Lipinski definition) is 5. The molecule has 0 saturated carbocycles. The number of aromatic hydroxyl groups is 1. The average Bonchev–Trinajstić information content (AvgIpc) is 2.40. The Morgan fingerprint density at radius 3 is 2.42 bits per heavy atom. The lowest BCUT2D eigenvalue weighted by atomic mass is 10.1. The van der Waals surface area contributed by atoms with Crippen molar-refractivity contribution in [2.75, 3.05) is 12.8 Å². The van der Waals surface area contributed by atoms with Crippen molar-refractivity contribution in [3.05, 3.63) is 42.0 Å². The normalized spacial score (nSPS) is 10.8. The number of nitrogens with two attached hydrogens (primary N) is 1. The molecule has 0 bridgehead atoms. The van der Waals surface area contributed by atoms with E-state index in [1.165, 1.54) is 0 Å². The molecular formula is C14H15N3O2. The number of nitrogens with zero attached hydrogens (tertiary/aromatic N) is 2. The maximum Gasteiger partial charge on any atom is 0.143 e. The standard InChI is InChI=1S/C14H15N3O2/c1-9-7-12(15)14(19-2)8-13(9)17-16-10-3-5-11(18)6-4-10/h3-8,18H,15H2,1-2H3/b17-16+. The summed E-state index contributed by atoms with van der Waals surface area (Å²) in [5.41, 5.74) is 8.64. The molecule has 5 nitrogen and oxygen atoms in total. The molecule has 2 aromatic rings. The fraction of sp³-hybridized carbons (Fsp3) is 0.143. The molecule has 0 aromatic heterocycles. The van der Waals surface area contributed by atoms with Gasteiger partial charge in [-0.25, -0.2) is 0 Å². The number of aryl methyl sites for hydroxylation is 1. The summed E-state index contributed by atoms with van der Waals surface area (Å²) < 4.78 is 5.15. The second-order valence-electron chi connectivity index (χ2n) is 4.10. The van der Waals surface area contributed by atoms with E-state index in [1.54, 1.807) is 43.5 Å². The van der Waals surface area contributed by atoms with Gasteiger partial charge in [0.25, 0.3) is 0 Å². The Labute approximate surface area is 111 Å². The first-order valence-corrected chi connectivity index (χ1v) is 5.75. The minimum Gasteiger partial charge on any atom is -0.508 e. The van der Waals surface area contributed by atoms with Gasteiger partial charge in [0.05, 0.1) is 24.2 Å². The van der Waals surface area contributed by atoms with Crippen molar-refractivity contribution in [3.8, 4) is 11.5 Å². The van der Waals surface area contributed by atoms with Crippen molar-refractivity contribution in [2.45, 2.75) is 6.92 Å². The number of rotatable bonds is 3. The fourth-order valence-electron chi connectivity index (χ4n) is 1.62. The van der Waals surface area contributed by atoms with Gasteiger partial charge in [0.1, 0.15) is 11.5 Å². The predicted octanol–water partition coefficient (Wildman–Crippen LogP) is 3.71. The van der Waals surface area contributed by atoms with Gasteiger partial charge in [0, 0.05) is 6.07 Å². The van der Waals surface area contributed by atoms with Gasteiger partial charge in [-0.15, -0.1) is 0 Å². The molecule has 0 unspecified atom stereocenters. The summed E-state index contributed by atoms with van der Waals surface area (Å²) >= 11 is 0. The van der Waals surface area contributed by atoms with Crippen LogP contribution in [0.25, 0.3) is 0 Å². The quantitative estimate of drug-likeness (QED) is 0.649. The molecule has 0 atom stereocenters. The molecule has 0 saturated heterocycles. The number of hydrogen-bond donors (Lipinski definition) is 2. The largest absolute Gasteiger partial charge is 0.508 e. The van der Waals surface area contributed by atoms with E-state index in [0.717, 1.165) is 5.56 Å². The summed E-state index contributed by atoms with van der Waals surface area (Å²) in [4.78, 5) is 0. The number of azo groups is 1. The van der Waals surface area contributed by atoms with Crippen LogP contribution in [0.15, 0.2) is 46.6 Å². The molecule has 0 heterocycles. The van der Waals surface area contributed by atoms with E-state index in [-0.39, 0.29) is 5.75 Å². The zero-order valence-electron chi connectivity index (χ0n) is 10.8. The molecule has 0 aliphatic heterocycles. The summed E-state index contributed by atoms with van der Waals surface area (Å²) in [6.07, 6.45) is 0. The summed E-state index contributed by atoms with van der Waals surface area (Å²) in [7, 11) is 1.56. The van der Waals surface area contributed by atoms with Crippen molar-refractivity contribution >= 4 is 17.1 Å². The van der Waals surface area contributed by atoms with Gasteiger partial charge < -0.3 is 15.6 Å². The molecule has 0 aliphatic rings. The monoisotopic (exact) mass is 257 g/mol. The molecule has 2 aromatic carbocycles. The lowest BCUT2D eigenvalue weighted by molar-refractivity contribution is 0.417. The summed E-state index contributed by atoms with van der Waals surface area (Å²) in [6.45, 7) is 1.90. The van der Waals surface area contributed by atoms with E-state index in [4.69, 9.17) is 10.5 Å². The Balaban J connectivity index is 2.30. The van der Waals surface area contributed by atoms with Crippen LogP contribution in [-0.4, -0.2) is 12.2 Å². The Morgan fingerprint density at radius 1 is 1.11 bits per heavy atom. The lowest BCUT2D eigenvalue weighted by Gasteiger charge is -2.07. The molecule has 0 radical (unpaired) electrons. The third-order valence-corrected chi connectivity index (χ3v) is 2.67. The second kappa shape index (κ2) is 5.39. The third-order valence-electron chi connectivity index (χ3n) is 2.67. The maximum atomic E-state index is 9.18. The van der Waals surface area contributed by atoms with Gasteiger partial charge in [-0.1, -0.05) is 0 Å². The van der Waals surface area contributed by atoms with Crippen LogP contribution in [0.1, 0.15) is 5.56 Å². The van der Waals surface area contributed by atoms with Crippen LogP contribution < -0.4 is 10.5 Å². The molecule has 98 valence electrons. The zero-order valence-corrected chi connectivity index (χ0v) is 10.8. The van der Waals surface area contributed by atoms with E-state index in [2.05, 4.69) is 10.2 Å². The van der Waals surface area contributed by atoms with E-state index in [0.29, 0.717) is 22.8 Å². The van der Waals surface area contributed by atoms with Crippen LogP contribution in [-0.2, 0) is 0 Å². The number of phenolic OH excluding ortho intramolecular Hbond substituents is 1. The van der Waals surface area contributed by atoms with Gasteiger partial charge >= 0.3 is 0 Å².